The number of rotatable bonds is 4. The summed E-state index contributed by atoms with van der Waals surface area (Å²) in [5.74, 6) is -0.734. The van der Waals surface area contributed by atoms with E-state index < -0.39 is 5.91 Å². The average molecular weight is 381 g/mol. The third-order valence-electron chi connectivity index (χ3n) is 4.13. The van der Waals surface area contributed by atoms with Crippen LogP contribution in [0.5, 0.6) is 5.75 Å². The van der Waals surface area contributed by atoms with Gasteiger partial charge in [0.1, 0.15) is 11.6 Å². The van der Waals surface area contributed by atoms with Crippen molar-refractivity contribution in [3.63, 3.8) is 0 Å². The van der Waals surface area contributed by atoms with E-state index in [0.29, 0.717) is 23.5 Å². The molecule has 9 nitrogen and oxygen atoms in total. The third-order valence-corrected chi connectivity index (χ3v) is 4.13. The van der Waals surface area contributed by atoms with E-state index in [2.05, 4.69) is 26.1 Å². The standard InChI is InChI=1S/C19H19N5O4/c1-10-7-17(27)23-24-18(10)12-3-5-14(15(26)8-12)22-19(28)13-4-6-16(20-9-13)21-11(2)25/h3-6,8-10,26H,7H2,1-2H3,(H,22,28)(H,23,27)(H,20,21,25). The maximum absolute atomic E-state index is 12.4. The molecule has 1 aromatic carbocycles. The maximum atomic E-state index is 12.4. The monoisotopic (exact) mass is 381 g/mol. The van der Waals surface area contributed by atoms with E-state index in [0.717, 1.165) is 0 Å². The first-order valence-electron chi connectivity index (χ1n) is 8.58. The van der Waals surface area contributed by atoms with E-state index in [1.807, 2.05) is 6.92 Å². The number of anilines is 2. The van der Waals surface area contributed by atoms with Crippen molar-refractivity contribution >= 4 is 34.9 Å². The number of pyridine rings is 1. The van der Waals surface area contributed by atoms with Gasteiger partial charge in [-0.15, -0.1) is 0 Å². The zero-order valence-corrected chi connectivity index (χ0v) is 15.3. The molecule has 144 valence electrons. The Kier molecular flexibility index (Phi) is 5.35. The predicted octanol–water partition coefficient (Wildman–Crippen LogP) is 1.86. The smallest absolute Gasteiger partial charge is 0.257 e. The van der Waals surface area contributed by atoms with Crippen LogP contribution < -0.4 is 16.1 Å². The van der Waals surface area contributed by atoms with Crippen LogP contribution in [0.1, 0.15) is 36.2 Å². The van der Waals surface area contributed by atoms with Gasteiger partial charge in [0.2, 0.25) is 11.8 Å². The average Bonchev–Trinajstić information content (AvgIpc) is 2.63. The Hall–Kier alpha value is -3.75. The minimum atomic E-state index is -0.458. The molecule has 0 saturated heterocycles. The topological polar surface area (TPSA) is 133 Å². The molecule has 0 fully saturated rings. The van der Waals surface area contributed by atoms with Crippen molar-refractivity contribution in [3.05, 3.63) is 47.7 Å². The molecule has 0 spiro atoms. The van der Waals surface area contributed by atoms with Gasteiger partial charge in [-0.25, -0.2) is 10.4 Å². The van der Waals surface area contributed by atoms with E-state index in [4.69, 9.17) is 0 Å². The van der Waals surface area contributed by atoms with E-state index >= 15 is 0 Å². The number of hydrazone groups is 1. The Morgan fingerprint density at radius 3 is 2.61 bits per heavy atom. The van der Waals surface area contributed by atoms with Gasteiger partial charge in [-0.2, -0.15) is 5.10 Å². The number of hydrogen-bond acceptors (Lipinski definition) is 6. The molecule has 1 atom stereocenters. The molecular formula is C19H19N5O4. The van der Waals surface area contributed by atoms with Gasteiger partial charge in [-0.3, -0.25) is 14.4 Å². The molecule has 0 bridgehead atoms. The zero-order chi connectivity index (χ0) is 20.3. The van der Waals surface area contributed by atoms with Crippen LogP contribution in [-0.2, 0) is 9.59 Å². The third kappa shape index (κ3) is 4.32. The van der Waals surface area contributed by atoms with Gasteiger partial charge >= 0.3 is 0 Å². The van der Waals surface area contributed by atoms with Gasteiger partial charge in [-0.1, -0.05) is 13.0 Å². The van der Waals surface area contributed by atoms with E-state index in [-0.39, 0.29) is 34.7 Å². The Balaban J connectivity index is 1.73. The minimum Gasteiger partial charge on any atom is -0.506 e. The minimum absolute atomic E-state index is 0.0817. The fraction of sp³-hybridized carbons (Fsp3) is 0.211. The van der Waals surface area contributed by atoms with Crippen LogP contribution in [0.25, 0.3) is 0 Å². The van der Waals surface area contributed by atoms with Crippen molar-refractivity contribution < 1.29 is 19.5 Å². The number of hydrogen-bond donors (Lipinski definition) is 4. The zero-order valence-electron chi connectivity index (χ0n) is 15.3. The largest absolute Gasteiger partial charge is 0.506 e. The quantitative estimate of drug-likeness (QED) is 0.600. The van der Waals surface area contributed by atoms with Crippen molar-refractivity contribution in [2.45, 2.75) is 20.3 Å². The Morgan fingerprint density at radius 2 is 2.00 bits per heavy atom. The Labute approximate surface area is 160 Å². The summed E-state index contributed by atoms with van der Waals surface area (Å²) in [6, 6.07) is 7.78. The van der Waals surface area contributed by atoms with Crippen LogP contribution in [0.15, 0.2) is 41.6 Å². The van der Waals surface area contributed by atoms with Crippen molar-refractivity contribution in [1.29, 1.82) is 0 Å². The molecule has 1 aliphatic rings. The number of carbonyl (C=O) groups is 3. The molecule has 1 unspecified atom stereocenters. The molecule has 4 N–H and O–H groups in total. The first kappa shape index (κ1) is 19.0. The molecule has 2 aromatic rings. The molecule has 0 aliphatic carbocycles. The van der Waals surface area contributed by atoms with Crippen molar-refractivity contribution in [3.8, 4) is 5.75 Å². The number of carbonyl (C=O) groups excluding carboxylic acids is 3. The second-order valence-electron chi connectivity index (χ2n) is 6.44. The SMILES string of the molecule is CC(=O)Nc1ccc(C(=O)Nc2ccc(C3=NNC(=O)CC3C)cc2O)cn1. The number of phenols is 1. The lowest BCUT2D eigenvalue weighted by atomic mass is 9.94. The normalized spacial score (nSPS) is 16.0. The summed E-state index contributed by atoms with van der Waals surface area (Å²) in [5, 5.41) is 19.5. The van der Waals surface area contributed by atoms with Gasteiger partial charge in [0.15, 0.2) is 0 Å². The first-order chi connectivity index (χ1) is 13.3. The highest BCUT2D eigenvalue weighted by Gasteiger charge is 2.22. The summed E-state index contributed by atoms with van der Waals surface area (Å²) in [6.07, 6.45) is 1.65. The van der Waals surface area contributed by atoms with Gasteiger partial charge < -0.3 is 15.7 Å². The van der Waals surface area contributed by atoms with Crippen LogP contribution in [0.3, 0.4) is 0 Å². The Morgan fingerprint density at radius 1 is 1.21 bits per heavy atom. The summed E-state index contributed by atoms with van der Waals surface area (Å²) in [5.41, 5.74) is 4.24. The van der Waals surface area contributed by atoms with Gasteiger partial charge in [0.25, 0.3) is 5.91 Å². The lowest BCUT2D eigenvalue weighted by Crippen LogP contribution is -2.31. The number of aromatic nitrogens is 1. The van der Waals surface area contributed by atoms with Gasteiger partial charge in [0.05, 0.1) is 17.0 Å². The van der Waals surface area contributed by atoms with Crippen LogP contribution in [0, 0.1) is 5.92 Å². The van der Waals surface area contributed by atoms with Crippen molar-refractivity contribution in [2.75, 3.05) is 10.6 Å². The number of nitrogens with zero attached hydrogens (tertiary/aromatic N) is 2. The second-order valence-corrected chi connectivity index (χ2v) is 6.44. The maximum Gasteiger partial charge on any atom is 0.257 e. The summed E-state index contributed by atoms with van der Waals surface area (Å²) in [7, 11) is 0. The molecule has 0 radical (unpaired) electrons. The number of amides is 3. The number of benzene rings is 1. The lowest BCUT2D eigenvalue weighted by Gasteiger charge is -2.19. The molecular weight excluding hydrogens is 362 g/mol. The van der Waals surface area contributed by atoms with Crippen LogP contribution in [-0.4, -0.2) is 33.5 Å². The highest BCUT2D eigenvalue weighted by molar-refractivity contribution is 6.08. The summed E-state index contributed by atoms with van der Waals surface area (Å²) >= 11 is 0. The van der Waals surface area contributed by atoms with Crippen molar-refractivity contribution in [2.24, 2.45) is 11.0 Å². The lowest BCUT2D eigenvalue weighted by molar-refractivity contribution is -0.122. The molecule has 1 aliphatic heterocycles. The van der Waals surface area contributed by atoms with E-state index in [1.54, 1.807) is 12.1 Å². The van der Waals surface area contributed by atoms with Crippen LogP contribution >= 0.6 is 0 Å². The molecule has 3 amide bonds. The van der Waals surface area contributed by atoms with Crippen LogP contribution in [0.2, 0.25) is 0 Å². The fourth-order valence-electron chi connectivity index (χ4n) is 2.78. The summed E-state index contributed by atoms with van der Waals surface area (Å²) < 4.78 is 0. The molecule has 3 rings (SSSR count). The Bertz CT molecular complexity index is 969. The number of nitrogens with one attached hydrogen (secondary N) is 3. The highest BCUT2D eigenvalue weighted by atomic mass is 16.3. The number of aromatic hydroxyl groups is 1. The second kappa shape index (κ2) is 7.87. The summed E-state index contributed by atoms with van der Waals surface area (Å²) in [4.78, 5) is 38.7. The van der Waals surface area contributed by atoms with Crippen molar-refractivity contribution in [1.82, 2.24) is 10.4 Å². The summed E-state index contributed by atoms with van der Waals surface area (Å²) in [6.45, 7) is 3.24. The molecule has 1 aromatic heterocycles. The van der Waals surface area contributed by atoms with E-state index in [1.165, 1.54) is 31.3 Å². The molecule has 28 heavy (non-hydrogen) atoms. The highest BCUT2D eigenvalue weighted by Crippen LogP contribution is 2.27. The first-order valence-corrected chi connectivity index (χ1v) is 8.58. The molecule has 2 heterocycles. The predicted molar refractivity (Wildman–Crippen MR) is 103 cm³/mol. The fourth-order valence-corrected chi connectivity index (χ4v) is 2.78. The molecule has 0 saturated carbocycles. The molecule has 9 heteroatoms. The van der Waals surface area contributed by atoms with Gasteiger partial charge in [0, 0.05) is 31.0 Å². The van der Waals surface area contributed by atoms with Gasteiger partial charge in [-0.05, 0) is 24.3 Å². The van der Waals surface area contributed by atoms with Crippen LogP contribution in [0.4, 0.5) is 11.5 Å². The number of phenolic OH excluding ortho intramolecular Hbond substituents is 1. The van der Waals surface area contributed by atoms with E-state index in [9.17, 15) is 19.5 Å².